The van der Waals surface area contributed by atoms with Crippen LogP contribution in [0.25, 0.3) is 0 Å². The van der Waals surface area contributed by atoms with Crippen molar-refractivity contribution < 1.29 is 24.2 Å². The summed E-state index contributed by atoms with van der Waals surface area (Å²) < 4.78 is 13.2. The third-order valence-electron chi connectivity index (χ3n) is 7.91. The van der Waals surface area contributed by atoms with Crippen molar-refractivity contribution in [3.05, 3.63) is 65.2 Å². The fourth-order valence-corrected chi connectivity index (χ4v) is 5.56. The van der Waals surface area contributed by atoms with Crippen molar-refractivity contribution in [3.63, 3.8) is 0 Å². The third kappa shape index (κ3) is 8.86. The number of amides is 2. The highest BCUT2D eigenvalue weighted by Gasteiger charge is 2.39. The molecule has 2 aromatic rings. The first-order chi connectivity index (χ1) is 19.4. The second-order valence-electron chi connectivity index (χ2n) is 11.2. The lowest BCUT2D eigenvalue weighted by molar-refractivity contribution is -0.276. The quantitative estimate of drug-likeness (QED) is 0.318. The van der Waals surface area contributed by atoms with Crippen molar-refractivity contribution >= 4 is 17.5 Å². The van der Waals surface area contributed by atoms with E-state index in [1.54, 1.807) is 0 Å². The zero-order chi connectivity index (χ0) is 28.3. The van der Waals surface area contributed by atoms with Crippen LogP contribution in [0, 0.1) is 5.92 Å². The predicted molar refractivity (Wildman–Crippen MR) is 155 cm³/mol. The molecule has 0 spiro atoms. The number of aliphatic hydroxyl groups is 1. The van der Waals surface area contributed by atoms with Gasteiger partial charge in [-0.15, -0.1) is 0 Å². The van der Waals surface area contributed by atoms with Gasteiger partial charge in [-0.1, -0.05) is 56.2 Å². The van der Waals surface area contributed by atoms with Crippen LogP contribution in [-0.4, -0.2) is 54.1 Å². The molecule has 2 amide bonds. The van der Waals surface area contributed by atoms with E-state index in [0.717, 1.165) is 61.3 Å². The van der Waals surface area contributed by atoms with Crippen molar-refractivity contribution in [1.29, 1.82) is 0 Å². The van der Waals surface area contributed by atoms with Gasteiger partial charge in [0, 0.05) is 43.6 Å². The highest BCUT2D eigenvalue weighted by Crippen LogP contribution is 2.42. The summed E-state index contributed by atoms with van der Waals surface area (Å²) in [4.78, 5) is 26.0. The van der Waals surface area contributed by atoms with E-state index in [1.807, 2.05) is 48.5 Å². The van der Waals surface area contributed by atoms with Crippen molar-refractivity contribution in [3.8, 4) is 0 Å². The average Bonchev–Trinajstić information content (AvgIpc) is 2.96. The molecule has 0 aromatic heterocycles. The first-order valence-corrected chi connectivity index (χ1v) is 14.8. The Labute approximate surface area is 238 Å². The second kappa shape index (κ2) is 15.3. The summed E-state index contributed by atoms with van der Waals surface area (Å²) in [6.45, 7) is 7.43. The normalized spacial score (nSPS) is 23.5. The summed E-state index contributed by atoms with van der Waals surface area (Å²) in [6.07, 6.45) is 5.97. The van der Waals surface area contributed by atoms with Gasteiger partial charge in [0.05, 0.1) is 18.8 Å². The van der Waals surface area contributed by atoms with Gasteiger partial charge >= 0.3 is 0 Å². The lowest BCUT2D eigenvalue weighted by Gasteiger charge is -2.43. The molecule has 2 aliphatic heterocycles. The number of unbranched alkanes of at least 4 members (excludes halogenated alkanes) is 2. The molecule has 218 valence electrons. The largest absolute Gasteiger partial charge is 0.392 e. The maximum atomic E-state index is 12.6. The number of carbonyl (C=O) groups is 2. The number of piperidine rings is 1. The number of benzene rings is 2. The van der Waals surface area contributed by atoms with Crippen molar-refractivity contribution in [1.82, 2.24) is 10.2 Å². The third-order valence-corrected chi connectivity index (χ3v) is 7.91. The van der Waals surface area contributed by atoms with Gasteiger partial charge in [-0.2, -0.15) is 0 Å². The predicted octanol–water partition coefficient (Wildman–Crippen LogP) is 5.09. The average molecular weight is 552 g/mol. The Hall–Kier alpha value is -2.78. The van der Waals surface area contributed by atoms with Crippen LogP contribution >= 0.6 is 0 Å². The van der Waals surface area contributed by atoms with E-state index in [1.165, 1.54) is 26.2 Å². The minimum atomic E-state index is -0.556. The van der Waals surface area contributed by atoms with E-state index in [0.29, 0.717) is 13.0 Å². The minimum Gasteiger partial charge on any atom is -0.392 e. The molecule has 2 aliphatic rings. The molecule has 4 rings (SSSR count). The molecule has 3 N–H and O–H groups in total. The van der Waals surface area contributed by atoms with Gasteiger partial charge in [-0.25, -0.2) is 0 Å². The van der Waals surface area contributed by atoms with Gasteiger partial charge in [0.25, 0.3) is 0 Å². The number of nitrogens with zero attached hydrogens (tertiary/aromatic N) is 1. The lowest BCUT2D eigenvalue weighted by atomic mass is 9.89. The van der Waals surface area contributed by atoms with Crippen LogP contribution in [0.2, 0.25) is 0 Å². The molecule has 0 radical (unpaired) electrons. The maximum Gasteiger partial charge on any atom is 0.224 e. The van der Waals surface area contributed by atoms with E-state index in [-0.39, 0.29) is 36.5 Å². The standard InChI is InChI=1S/C32H45N3O5/c1-23-29(21-35-18-7-4-8-19-35)39-32(40-31(23)26-15-13-25(22-36)14-16-26)27-10-9-11-28(20-27)34-30(38)12-5-3-6-17-33-24(2)37/h9-11,13-16,20,23,29,31-32,36H,3-8,12,17-19,21-22H2,1-2H3,(H,33,37)(H,34,38)/t23-,29+,31+,32+/m1/s1. The molecule has 4 atom stereocenters. The summed E-state index contributed by atoms with van der Waals surface area (Å²) in [5, 5.41) is 15.3. The molecule has 2 heterocycles. The molecular weight excluding hydrogens is 506 g/mol. The Morgan fingerprint density at radius 1 is 0.975 bits per heavy atom. The van der Waals surface area contributed by atoms with Crippen molar-refractivity contribution in [2.75, 3.05) is 31.5 Å². The molecule has 2 saturated heterocycles. The Morgan fingerprint density at radius 2 is 1.75 bits per heavy atom. The van der Waals surface area contributed by atoms with Crippen molar-refractivity contribution in [2.45, 2.75) is 83.9 Å². The molecule has 2 fully saturated rings. The number of carbonyl (C=O) groups excluding carboxylic acids is 2. The van der Waals surface area contributed by atoms with Gasteiger partial charge in [0.1, 0.15) is 0 Å². The molecule has 0 aliphatic carbocycles. The molecule has 8 heteroatoms. The summed E-state index contributed by atoms with van der Waals surface area (Å²) in [5.41, 5.74) is 3.55. The summed E-state index contributed by atoms with van der Waals surface area (Å²) in [6, 6.07) is 15.7. The summed E-state index contributed by atoms with van der Waals surface area (Å²) in [7, 11) is 0. The number of hydrogen-bond acceptors (Lipinski definition) is 6. The number of ether oxygens (including phenoxy) is 2. The fraction of sp³-hybridized carbons (Fsp3) is 0.562. The lowest BCUT2D eigenvalue weighted by Crippen LogP contribution is -2.45. The number of rotatable bonds is 12. The monoisotopic (exact) mass is 551 g/mol. The van der Waals surface area contributed by atoms with E-state index >= 15 is 0 Å². The molecule has 40 heavy (non-hydrogen) atoms. The molecule has 2 aromatic carbocycles. The van der Waals surface area contributed by atoms with E-state index in [9.17, 15) is 14.7 Å². The number of anilines is 1. The van der Waals surface area contributed by atoms with Crippen LogP contribution in [0.3, 0.4) is 0 Å². The summed E-state index contributed by atoms with van der Waals surface area (Å²) >= 11 is 0. The van der Waals surface area contributed by atoms with E-state index in [4.69, 9.17) is 9.47 Å². The highest BCUT2D eigenvalue weighted by molar-refractivity contribution is 5.90. The van der Waals surface area contributed by atoms with Crippen LogP contribution in [0.1, 0.15) is 87.9 Å². The Morgan fingerprint density at radius 3 is 2.48 bits per heavy atom. The SMILES string of the molecule is CC(=O)NCCCCCC(=O)Nc1cccc([C@H]2O[C@@H](CN3CCCCC3)[C@@H](C)[C@@H](c3ccc(CO)cc3)O2)c1. The van der Waals surface area contributed by atoms with Gasteiger partial charge in [0.2, 0.25) is 11.8 Å². The highest BCUT2D eigenvalue weighted by atomic mass is 16.7. The van der Waals surface area contributed by atoms with Crippen LogP contribution in [0.4, 0.5) is 5.69 Å². The molecular formula is C32H45N3O5. The maximum absolute atomic E-state index is 12.6. The van der Waals surface area contributed by atoms with Crippen LogP contribution in [0.5, 0.6) is 0 Å². The number of likely N-dealkylation sites (tertiary alicyclic amines) is 1. The zero-order valence-corrected chi connectivity index (χ0v) is 23.9. The molecule has 0 saturated carbocycles. The van der Waals surface area contributed by atoms with Crippen LogP contribution < -0.4 is 10.6 Å². The van der Waals surface area contributed by atoms with Gasteiger partial charge < -0.3 is 30.1 Å². The molecule has 0 bridgehead atoms. The molecule has 0 unspecified atom stereocenters. The van der Waals surface area contributed by atoms with Crippen LogP contribution in [0.15, 0.2) is 48.5 Å². The second-order valence-corrected chi connectivity index (χ2v) is 11.2. The van der Waals surface area contributed by atoms with Gasteiger partial charge in [-0.3, -0.25) is 9.59 Å². The zero-order valence-electron chi connectivity index (χ0n) is 23.9. The van der Waals surface area contributed by atoms with Crippen LogP contribution in [-0.2, 0) is 25.7 Å². The van der Waals surface area contributed by atoms with Crippen molar-refractivity contribution in [2.24, 2.45) is 5.92 Å². The number of hydrogen-bond donors (Lipinski definition) is 3. The Balaban J connectivity index is 1.42. The Kier molecular flexibility index (Phi) is 11.5. The topological polar surface area (TPSA) is 100 Å². The van der Waals surface area contributed by atoms with Gasteiger partial charge in [0.15, 0.2) is 6.29 Å². The first kappa shape index (κ1) is 30.2. The number of aliphatic hydroxyl groups excluding tert-OH is 1. The fourth-order valence-electron chi connectivity index (χ4n) is 5.56. The summed E-state index contributed by atoms with van der Waals surface area (Å²) in [5.74, 6) is 0.0917. The minimum absolute atomic E-state index is 0.00453. The van der Waals surface area contributed by atoms with E-state index in [2.05, 4.69) is 22.5 Å². The first-order valence-electron chi connectivity index (χ1n) is 14.8. The smallest absolute Gasteiger partial charge is 0.224 e. The Bertz CT molecular complexity index is 1090. The van der Waals surface area contributed by atoms with E-state index < -0.39 is 6.29 Å². The van der Waals surface area contributed by atoms with Gasteiger partial charge in [-0.05, 0) is 62.0 Å². The molecule has 8 nitrogen and oxygen atoms in total. The number of nitrogens with one attached hydrogen (secondary N) is 2.